The summed E-state index contributed by atoms with van der Waals surface area (Å²) in [4.78, 5) is 0. The fourth-order valence-electron chi connectivity index (χ4n) is 1.65. The Bertz CT molecular complexity index is 735. The van der Waals surface area contributed by atoms with Crippen molar-refractivity contribution in [1.29, 1.82) is 0 Å². The molecular formula is C15H5F7. The second kappa shape index (κ2) is 5.72. The minimum absolute atomic E-state index is 0.266. The zero-order valence-corrected chi connectivity index (χ0v) is 10.5. The summed E-state index contributed by atoms with van der Waals surface area (Å²) < 4.78 is 91.0. The van der Waals surface area contributed by atoms with Crippen molar-refractivity contribution < 1.29 is 30.7 Å². The third-order valence-corrected chi connectivity index (χ3v) is 2.65. The second-order valence-electron chi connectivity index (χ2n) is 4.12. The molecule has 0 saturated heterocycles. The van der Waals surface area contributed by atoms with Crippen molar-refractivity contribution in [1.82, 2.24) is 0 Å². The Morgan fingerprint density at radius 3 is 1.64 bits per heavy atom. The third kappa shape index (κ3) is 2.91. The van der Waals surface area contributed by atoms with Crippen molar-refractivity contribution in [3.63, 3.8) is 0 Å². The lowest BCUT2D eigenvalue weighted by Gasteiger charge is -2.11. The molecule has 7 heteroatoms. The molecule has 0 N–H and O–H groups in total. The van der Waals surface area contributed by atoms with Gasteiger partial charge >= 0.3 is 6.18 Å². The van der Waals surface area contributed by atoms with Crippen LogP contribution in [-0.2, 0) is 6.18 Å². The predicted molar refractivity (Wildman–Crippen MR) is 63.7 cm³/mol. The van der Waals surface area contributed by atoms with Gasteiger partial charge < -0.3 is 0 Å². The smallest absolute Gasteiger partial charge is 0.203 e. The van der Waals surface area contributed by atoms with E-state index in [0.29, 0.717) is 0 Å². The Kier molecular flexibility index (Phi) is 4.13. The van der Waals surface area contributed by atoms with Crippen LogP contribution in [0, 0.1) is 35.1 Å². The predicted octanol–water partition coefficient (Wildman–Crippen LogP) is 4.66. The lowest BCUT2D eigenvalue weighted by Crippen LogP contribution is -2.16. The average Bonchev–Trinajstić information content (AvgIpc) is 2.45. The van der Waals surface area contributed by atoms with Crippen molar-refractivity contribution in [2.45, 2.75) is 6.18 Å². The Hall–Kier alpha value is -2.49. The molecule has 2 aromatic rings. The first-order valence-electron chi connectivity index (χ1n) is 5.73. The van der Waals surface area contributed by atoms with Crippen molar-refractivity contribution in [3.05, 3.63) is 70.3 Å². The number of hydrogen-bond acceptors (Lipinski definition) is 0. The fraction of sp³-hybridized carbons (Fsp3) is 0.0667. The Labute approximate surface area is 120 Å². The second-order valence-corrected chi connectivity index (χ2v) is 4.12. The number of hydrogen-bond donors (Lipinski definition) is 0. The molecule has 0 nitrogen and oxygen atoms in total. The molecule has 2 rings (SSSR count). The number of halogens is 7. The van der Waals surface area contributed by atoms with Crippen LogP contribution in [0.5, 0.6) is 0 Å². The van der Waals surface area contributed by atoms with Crippen LogP contribution in [-0.4, -0.2) is 0 Å². The highest BCUT2D eigenvalue weighted by atomic mass is 19.4. The molecule has 0 fully saturated rings. The van der Waals surface area contributed by atoms with E-state index < -0.39 is 40.6 Å². The van der Waals surface area contributed by atoms with Crippen molar-refractivity contribution in [2.24, 2.45) is 0 Å². The van der Waals surface area contributed by atoms with E-state index in [2.05, 4.69) is 5.92 Å². The molecule has 0 aliphatic carbocycles. The van der Waals surface area contributed by atoms with E-state index in [1.807, 2.05) is 5.92 Å². The van der Waals surface area contributed by atoms with E-state index in [4.69, 9.17) is 0 Å². The molecule has 0 aliphatic heterocycles. The summed E-state index contributed by atoms with van der Waals surface area (Å²) >= 11 is 0. The van der Waals surface area contributed by atoms with Crippen LogP contribution < -0.4 is 0 Å². The lowest BCUT2D eigenvalue weighted by molar-refractivity contribution is -0.143. The zero-order chi connectivity index (χ0) is 16.5. The van der Waals surface area contributed by atoms with Gasteiger partial charge in [-0.15, -0.1) is 0 Å². The van der Waals surface area contributed by atoms with E-state index in [0.717, 1.165) is 0 Å². The zero-order valence-electron chi connectivity index (χ0n) is 10.5. The molecular weight excluding hydrogens is 313 g/mol. The molecule has 0 atom stereocenters. The molecule has 2 aromatic carbocycles. The van der Waals surface area contributed by atoms with Gasteiger partial charge in [-0.25, -0.2) is 17.6 Å². The summed E-state index contributed by atoms with van der Waals surface area (Å²) in [5, 5.41) is 0. The summed E-state index contributed by atoms with van der Waals surface area (Å²) in [5.74, 6) is -5.40. The summed E-state index contributed by atoms with van der Waals surface area (Å²) in [7, 11) is 0. The van der Waals surface area contributed by atoms with E-state index in [-0.39, 0.29) is 5.56 Å². The van der Waals surface area contributed by atoms with Gasteiger partial charge in [-0.1, -0.05) is 30.0 Å². The number of benzene rings is 2. The maximum Gasteiger partial charge on any atom is 0.422 e. The van der Waals surface area contributed by atoms with Gasteiger partial charge in [0.15, 0.2) is 23.3 Å². The monoisotopic (exact) mass is 318 g/mol. The van der Waals surface area contributed by atoms with Gasteiger partial charge in [-0.3, -0.25) is 0 Å². The maximum atomic E-state index is 13.6. The molecule has 0 saturated carbocycles. The Morgan fingerprint density at radius 2 is 1.18 bits per heavy atom. The SMILES string of the molecule is Fc1c(F)c(C(F)(F)F)c(F)c(F)c1C#Cc1ccccc1. The minimum atomic E-state index is -5.57. The van der Waals surface area contributed by atoms with E-state index in [1.54, 1.807) is 18.2 Å². The summed E-state index contributed by atoms with van der Waals surface area (Å²) in [6, 6.07) is 7.61. The van der Waals surface area contributed by atoms with Gasteiger partial charge in [0.05, 0.1) is 0 Å². The molecule has 0 heterocycles. The topological polar surface area (TPSA) is 0 Å². The molecule has 0 amide bonds. The molecule has 0 aromatic heterocycles. The van der Waals surface area contributed by atoms with Gasteiger partial charge in [0.25, 0.3) is 0 Å². The van der Waals surface area contributed by atoms with Gasteiger partial charge in [0, 0.05) is 5.56 Å². The summed E-state index contributed by atoms with van der Waals surface area (Å²) in [6.45, 7) is 0. The summed E-state index contributed by atoms with van der Waals surface area (Å²) in [5.41, 5.74) is -3.75. The highest BCUT2D eigenvalue weighted by molar-refractivity contribution is 5.46. The van der Waals surface area contributed by atoms with Crippen LogP contribution in [0.1, 0.15) is 16.7 Å². The summed E-state index contributed by atoms with van der Waals surface area (Å²) in [6.07, 6.45) is -5.57. The number of alkyl halides is 3. The molecule has 0 aliphatic rings. The average molecular weight is 318 g/mol. The first kappa shape index (κ1) is 15.9. The third-order valence-electron chi connectivity index (χ3n) is 2.65. The molecule has 0 unspecified atom stereocenters. The first-order chi connectivity index (χ1) is 10.2. The Morgan fingerprint density at radius 1 is 0.682 bits per heavy atom. The van der Waals surface area contributed by atoms with E-state index in [1.165, 1.54) is 12.1 Å². The van der Waals surface area contributed by atoms with Crippen LogP contribution >= 0.6 is 0 Å². The van der Waals surface area contributed by atoms with Gasteiger partial charge in [-0.05, 0) is 12.1 Å². The van der Waals surface area contributed by atoms with Crippen LogP contribution in [0.2, 0.25) is 0 Å². The van der Waals surface area contributed by atoms with E-state index in [9.17, 15) is 30.7 Å². The quantitative estimate of drug-likeness (QED) is 0.376. The normalized spacial score (nSPS) is 11.0. The molecule has 114 valence electrons. The largest absolute Gasteiger partial charge is 0.422 e. The van der Waals surface area contributed by atoms with Crippen LogP contribution in [0.4, 0.5) is 30.7 Å². The van der Waals surface area contributed by atoms with Crippen molar-refractivity contribution in [2.75, 3.05) is 0 Å². The molecule has 0 spiro atoms. The van der Waals surface area contributed by atoms with Crippen LogP contribution in [0.3, 0.4) is 0 Å². The molecule has 0 bridgehead atoms. The fourth-order valence-corrected chi connectivity index (χ4v) is 1.65. The van der Waals surface area contributed by atoms with Gasteiger partial charge in [-0.2, -0.15) is 13.2 Å². The number of rotatable bonds is 0. The minimum Gasteiger partial charge on any atom is -0.203 e. The highest BCUT2D eigenvalue weighted by Crippen LogP contribution is 2.36. The maximum absolute atomic E-state index is 13.6. The van der Waals surface area contributed by atoms with Crippen molar-refractivity contribution >= 4 is 0 Å². The van der Waals surface area contributed by atoms with Crippen LogP contribution in [0.25, 0.3) is 0 Å². The molecule has 22 heavy (non-hydrogen) atoms. The molecule has 0 radical (unpaired) electrons. The van der Waals surface area contributed by atoms with Crippen molar-refractivity contribution in [3.8, 4) is 11.8 Å². The van der Waals surface area contributed by atoms with Gasteiger partial charge in [0.2, 0.25) is 0 Å². The first-order valence-corrected chi connectivity index (χ1v) is 5.73. The lowest BCUT2D eigenvalue weighted by atomic mass is 10.1. The van der Waals surface area contributed by atoms with E-state index >= 15 is 0 Å². The highest BCUT2D eigenvalue weighted by Gasteiger charge is 2.42. The Balaban J connectivity index is 2.63. The van der Waals surface area contributed by atoms with Crippen LogP contribution in [0.15, 0.2) is 30.3 Å². The van der Waals surface area contributed by atoms with Gasteiger partial charge in [0.1, 0.15) is 11.1 Å². The standard InChI is InChI=1S/C15H5F7/c16-11-9(7-6-8-4-2-1-3-5-8)12(17)14(19)10(13(11)18)15(20,21)22/h1-5H.